The number of para-hydroxylation sites is 1. The third-order valence-electron chi connectivity index (χ3n) is 10.6. The summed E-state index contributed by atoms with van der Waals surface area (Å²) in [4.78, 5) is 29.5. The van der Waals surface area contributed by atoms with Crippen LogP contribution in [0.5, 0.6) is 5.75 Å². The Labute approximate surface area is 254 Å². The highest BCUT2D eigenvalue weighted by molar-refractivity contribution is 5.97. The summed E-state index contributed by atoms with van der Waals surface area (Å²) in [6.45, 7) is 0.117. The average Bonchev–Trinajstić information content (AvgIpc) is 3.38. The Morgan fingerprint density at radius 1 is 0.977 bits per heavy atom. The Kier molecular flexibility index (Phi) is 7.28. The molecule has 0 spiro atoms. The summed E-state index contributed by atoms with van der Waals surface area (Å²) in [7, 11) is 0. The molecule has 2 aromatic rings. The van der Waals surface area contributed by atoms with E-state index in [1.165, 1.54) is 31.4 Å². The quantitative estimate of drug-likeness (QED) is 0.423. The van der Waals surface area contributed by atoms with Crippen molar-refractivity contribution in [1.29, 1.82) is 0 Å². The van der Waals surface area contributed by atoms with Crippen molar-refractivity contribution in [2.75, 3.05) is 19.7 Å². The largest absolute Gasteiger partial charge is 0.486 e. The fourth-order valence-corrected chi connectivity index (χ4v) is 9.32. The van der Waals surface area contributed by atoms with Crippen LogP contribution in [0.25, 0.3) is 0 Å². The zero-order chi connectivity index (χ0) is 30.8. The number of nitrogens with one attached hydrogen (secondary N) is 1. The van der Waals surface area contributed by atoms with Gasteiger partial charge in [0, 0.05) is 29.8 Å². The molecular formula is C34H37F3N2O5. The number of nitrogens with zero attached hydrogens (tertiary/aromatic N) is 1. The van der Waals surface area contributed by atoms with Gasteiger partial charge >= 0.3 is 6.18 Å². The fraction of sp³-hybridized carbons (Fsp3) is 0.529. The van der Waals surface area contributed by atoms with Crippen molar-refractivity contribution in [3.05, 3.63) is 76.9 Å². The Bertz CT molecular complexity index is 1440. The molecule has 4 bridgehead atoms. The van der Waals surface area contributed by atoms with E-state index in [1.807, 2.05) is 18.2 Å². The van der Waals surface area contributed by atoms with E-state index in [9.17, 15) is 33.0 Å². The van der Waals surface area contributed by atoms with Crippen LogP contribution in [0.4, 0.5) is 13.2 Å². The van der Waals surface area contributed by atoms with Gasteiger partial charge in [-0.15, -0.1) is 0 Å². The summed E-state index contributed by atoms with van der Waals surface area (Å²) >= 11 is 0. The zero-order valence-corrected chi connectivity index (χ0v) is 24.3. The molecule has 3 N–H and O–H groups in total. The van der Waals surface area contributed by atoms with Gasteiger partial charge in [0.05, 0.1) is 24.1 Å². The molecule has 6 aliphatic rings. The maximum absolute atomic E-state index is 14.4. The highest BCUT2D eigenvalue weighted by Crippen LogP contribution is 2.60. The molecule has 0 aromatic heterocycles. The molecule has 44 heavy (non-hydrogen) atoms. The van der Waals surface area contributed by atoms with E-state index in [2.05, 4.69) is 5.32 Å². The van der Waals surface area contributed by atoms with Crippen molar-refractivity contribution < 1.29 is 37.7 Å². The third kappa shape index (κ3) is 5.09. The Hall–Kier alpha value is -3.37. The Balaban J connectivity index is 1.29. The van der Waals surface area contributed by atoms with Crippen molar-refractivity contribution in [2.24, 2.45) is 23.2 Å². The standard InChI is InChI=1S/C34H37F3N2O5/c35-34(36,37)23-7-5-22(6-8-23)32(43)39(18-33-15-19-11-20(16-33)13-21(12-19)17-33)26-14-25(31(42)38-9-10-40)28-24-3-1-2-4-27(24)44-30(28)29(26)41/h1-8,14,19-21,26,28-30,40-41H,9-13,15-18H2,(H,38,42)/t19?,20?,21?,26-,28+,29+,30+,33?/m1/s1. The molecule has 0 unspecified atom stereocenters. The Morgan fingerprint density at radius 2 is 1.61 bits per heavy atom. The number of hydrogen-bond donors (Lipinski definition) is 3. The van der Waals surface area contributed by atoms with Gasteiger partial charge in [0.1, 0.15) is 18.0 Å². The minimum absolute atomic E-state index is 0.0325. The van der Waals surface area contributed by atoms with Crippen LogP contribution >= 0.6 is 0 Å². The van der Waals surface area contributed by atoms with Crippen LogP contribution in [0.3, 0.4) is 0 Å². The number of ether oxygens (including phenoxy) is 1. The minimum Gasteiger partial charge on any atom is -0.486 e. The number of benzene rings is 2. The number of aliphatic hydroxyl groups excluding tert-OH is 2. The van der Waals surface area contributed by atoms with Crippen LogP contribution in [-0.2, 0) is 11.0 Å². The lowest BCUT2D eigenvalue weighted by atomic mass is 9.49. The average molecular weight is 611 g/mol. The van der Waals surface area contributed by atoms with Gasteiger partial charge in [-0.05, 0) is 98.1 Å². The molecule has 234 valence electrons. The number of fused-ring (bicyclic) bond motifs is 3. The first kappa shape index (κ1) is 29.3. The van der Waals surface area contributed by atoms with Gasteiger partial charge < -0.3 is 25.2 Å². The molecule has 1 aliphatic heterocycles. The summed E-state index contributed by atoms with van der Waals surface area (Å²) in [5.74, 6) is 0.819. The van der Waals surface area contributed by atoms with Gasteiger partial charge in [-0.2, -0.15) is 13.2 Å². The number of hydrogen-bond acceptors (Lipinski definition) is 5. The van der Waals surface area contributed by atoms with E-state index < -0.39 is 47.7 Å². The van der Waals surface area contributed by atoms with E-state index in [4.69, 9.17) is 4.74 Å². The van der Waals surface area contributed by atoms with E-state index in [0.717, 1.165) is 37.0 Å². The molecule has 1 heterocycles. The predicted molar refractivity (Wildman–Crippen MR) is 155 cm³/mol. The maximum Gasteiger partial charge on any atom is 0.416 e. The van der Waals surface area contributed by atoms with Crippen LogP contribution in [0, 0.1) is 23.2 Å². The van der Waals surface area contributed by atoms with Gasteiger partial charge in [-0.1, -0.05) is 18.2 Å². The summed E-state index contributed by atoms with van der Waals surface area (Å²) in [6.07, 6.45) is 1.57. The number of amides is 2. The number of carbonyl (C=O) groups excluding carboxylic acids is 2. The highest BCUT2D eigenvalue weighted by atomic mass is 19.4. The van der Waals surface area contributed by atoms with Crippen molar-refractivity contribution >= 4 is 11.8 Å². The smallest absolute Gasteiger partial charge is 0.416 e. The Morgan fingerprint density at radius 3 is 2.23 bits per heavy atom. The van der Waals surface area contributed by atoms with Gasteiger partial charge in [-0.25, -0.2) is 0 Å². The first-order valence-electron chi connectivity index (χ1n) is 15.6. The van der Waals surface area contributed by atoms with E-state index >= 15 is 0 Å². The van der Waals surface area contributed by atoms with E-state index in [1.54, 1.807) is 17.0 Å². The number of rotatable bonds is 7. The second-order valence-corrected chi connectivity index (χ2v) is 13.6. The van der Waals surface area contributed by atoms with E-state index in [-0.39, 0.29) is 24.1 Å². The molecule has 10 heteroatoms. The second kappa shape index (κ2) is 10.9. The van der Waals surface area contributed by atoms with E-state index in [0.29, 0.717) is 35.6 Å². The molecule has 0 radical (unpaired) electrons. The SMILES string of the molecule is O=C(NCCO)C1=C[C@@H](N(CC23CC4CC(CC(C4)C2)C3)C(=O)c2ccc(C(F)(F)F)cc2)[C@H](O)[C@H]2Oc3ccccc3[C@@H]12. The number of aliphatic hydroxyl groups is 2. The van der Waals surface area contributed by atoms with Gasteiger partial charge in [0.25, 0.3) is 5.91 Å². The van der Waals surface area contributed by atoms with Gasteiger partial charge in [-0.3, -0.25) is 9.59 Å². The topological polar surface area (TPSA) is 99.1 Å². The normalized spacial score (nSPS) is 33.2. The lowest BCUT2D eigenvalue weighted by Gasteiger charge is -2.58. The molecule has 7 nitrogen and oxygen atoms in total. The molecule has 0 saturated heterocycles. The summed E-state index contributed by atoms with van der Waals surface area (Å²) in [6, 6.07) is 10.5. The van der Waals surface area contributed by atoms with Crippen LogP contribution in [0.15, 0.2) is 60.2 Å². The molecule has 4 fully saturated rings. The maximum atomic E-state index is 14.4. The molecule has 8 rings (SSSR count). The molecule has 2 aromatic carbocycles. The minimum atomic E-state index is -4.54. The highest BCUT2D eigenvalue weighted by Gasteiger charge is 2.55. The second-order valence-electron chi connectivity index (χ2n) is 13.6. The van der Waals surface area contributed by atoms with Crippen molar-refractivity contribution in [3.63, 3.8) is 0 Å². The lowest BCUT2D eigenvalue weighted by molar-refractivity contribution is -0.137. The van der Waals surface area contributed by atoms with Crippen LogP contribution in [-0.4, -0.2) is 64.9 Å². The van der Waals surface area contributed by atoms with Crippen LogP contribution in [0.1, 0.15) is 65.9 Å². The molecule has 4 atom stereocenters. The van der Waals surface area contributed by atoms with Crippen LogP contribution < -0.4 is 10.1 Å². The summed E-state index contributed by atoms with van der Waals surface area (Å²) in [5.41, 5.74) is 0.176. The number of halogens is 3. The first-order chi connectivity index (χ1) is 21.0. The van der Waals surface area contributed by atoms with Gasteiger partial charge in [0.15, 0.2) is 0 Å². The molecule has 2 amide bonds. The summed E-state index contributed by atoms with van der Waals surface area (Å²) in [5, 5.41) is 24.0. The monoisotopic (exact) mass is 610 g/mol. The predicted octanol–water partition coefficient (Wildman–Crippen LogP) is 4.69. The summed E-state index contributed by atoms with van der Waals surface area (Å²) < 4.78 is 46.3. The lowest BCUT2D eigenvalue weighted by Crippen LogP contribution is -2.59. The molecule has 4 saturated carbocycles. The first-order valence-corrected chi connectivity index (χ1v) is 15.6. The van der Waals surface area contributed by atoms with Crippen LogP contribution in [0.2, 0.25) is 0 Å². The van der Waals surface area contributed by atoms with Gasteiger partial charge in [0.2, 0.25) is 5.91 Å². The molecule has 5 aliphatic carbocycles. The van der Waals surface area contributed by atoms with Crippen molar-refractivity contribution in [3.8, 4) is 5.75 Å². The zero-order valence-electron chi connectivity index (χ0n) is 24.3. The van der Waals surface area contributed by atoms with Crippen molar-refractivity contribution in [2.45, 2.75) is 68.9 Å². The molecular weight excluding hydrogens is 573 g/mol. The third-order valence-corrected chi connectivity index (χ3v) is 10.6. The fourth-order valence-electron chi connectivity index (χ4n) is 9.32. The number of carbonyl (C=O) groups is 2. The number of alkyl halides is 3. The van der Waals surface area contributed by atoms with Crippen molar-refractivity contribution in [1.82, 2.24) is 10.2 Å².